The lowest BCUT2D eigenvalue weighted by Gasteiger charge is -2.42. The Kier molecular flexibility index (Phi) is 5.64. The van der Waals surface area contributed by atoms with Gasteiger partial charge < -0.3 is 4.74 Å². The molecule has 0 saturated carbocycles. The van der Waals surface area contributed by atoms with Crippen LogP contribution in [-0.2, 0) is 4.74 Å². The van der Waals surface area contributed by atoms with Crippen molar-refractivity contribution < 1.29 is 4.74 Å². The Labute approximate surface area is 108 Å². The van der Waals surface area contributed by atoms with Gasteiger partial charge in [0.2, 0.25) is 0 Å². The highest BCUT2D eigenvalue weighted by Crippen LogP contribution is 2.19. The van der Waals surface area contributed by atoms with Crippen molar-refractivity contribution in [3.8, 4) is 0 Å². The van der Waals surface area contributed by atoms with Gasteiger partial charge >= 0.3 is 0 Å². The third kappa shape index (κ3) is 5.36. The van der Waals surface area contributed by atoms with Crippen LogP contribution in [0.5, 0.6) is 0 Å². The predicted molar refractivity (Wildman–Crippen MR) is 75.0 cm³/mol. The first-order valence-electron chi connectivity index (χ1n) is 6.48. The maximum absolute atomic E-state index is 6.08. The third-order valence-corrected chi connectivity index (χ3v) is 3.60. The second-order valence-corrected chi connectivity index (χ2v) is 6.90. The van der Waals surface area contributed by atoms with Gasteiger partial charge in [-0.15, -0.1) is 0 Å². The summed E-state index contributed by atoms with van der Waals surface area (Å²) in [5, 5.41) is 0. The summed E-state index contributed by atoms with van der Waals surface area (Å²) in [6, 6.07) is 0. The van der Waals surface area contributed by atoms with Crippen molar-refractivity contribution >= 4 is 0 Å². The van der Waals surface area contributed by atoms with E-state index in [4.69, 9.17) is 4.74 Å². The van der Waals surface area contributed by atoms with E-state index in [1.54, 1.807) is 0 Å². The zero-order valence-electron chi connectivity index (χ0n) is 13.5. The molecular weight excluding hydrogens is 212 g/mol. The molecule has 104 valence electrons. The van der Waals surface area contributed by atoms with Crippen molar-refractivity contribution in [2.75, 3.05) is 14.1 Å². The molecule has 2 atom stereocenters. The molecule has 0 aliphatic carbocycles. The molecule has 3 nitrogen and oxygen atoms in total. The summed E-state index contributed by atoms with van der Waals surface area (Å²) in [5.74, 6) is 0. The van der Waals surface area contributed by atoms with E-state index >= 15 is 0 Å². The van der Waals surface area contributed by atoms with Gasteiger partial charge in [0, 0.05) is 11.1 Å². The molecule has 0 aromatic heterocycles. The molecule has 0 radical (unpaired) electrons. The number of hydrogen-bond acceptors (Lipinski definition) is 3. The lowest BCUT2D eigenvalue weighted by molar-refractivity contribution is -0.161. The second-order valence-electron chi connectivity index (χ2n) is 6.90. The summed E-state index contributed by atoms with van der Waals surface area (Å²) in [4.78, 5) is 4.50. The topological polar surface area (TPSA) is 15.7 Å². The molecule has 0 rings (SSSR count). The zero-order valence-corrected chi connectivity index (χ0v) is 13.5. The highest BCUT2D eigenvalue weighted by Gasteiger charge is 2.28. The summed E-state index contributed by atoms with van der Waals surface area (Å²) in [7, 11) is 4.21. The van der Waals surface area contributed by atoms with E-state index in [1.165, 1.54) is 0 Å². The van der Waals surface area contributed by atoms with Crippen molar-refractivity contribution in [1.82, 2.24) is 9.80 Å². The van der Waals surface area contributed by atoms with Crippen molar-refractivity contribution in [1.29, 1.82) is 0 Å². The van der Waals surface area contributed by atoms with E-state index in [2.05, 4.69) is 79.3 Å². The molecule has 0 N–H and O–H groups in total. The Bertz CT molecular complexity index is 203. The fourth-order valence-corrected chi connectivity index (χ4v) is 1.56. The molecule has 0 aliphatic rings. The van der Waals surface area contributed by atoms with Gasteiger partial charge in [0.05, 0.1) is 0 Å². The second kappa shape index (κ2) is 5.68. The maximum atomic E-state index is 6.08. The van der Waals surface area contributed by atoms with Crippen molar-refractivity contribution in [3.05, 3.63) is 0 Å². The van der Waals surface area contributed by atoms with Gasteiger partial charge in [0.25, 0.3) is 0 Å². The summed E-state index contributed by atoms with van der Waals surface area (Å²) >= 11 is 0. The first kappa shape index (κ1) is 16.9. The molecule has 0 aromatic rings. The first-order chi connectivity index (χ1) is 7.37. The molecule has 0 bridgehead atoms. The molecule has 0 spiro atoms. The van der Waals surface area contributed by atoms with Crippen molar-refractivity contribution in [2.45, 2.75) is 78.9 Å². The number of hydrogen-bond donors (Lipinski definition) is 0. The molecule has 17 heavy (non-hydrogen) atoms. The minimum absolute atomic E-state index is 0.106. The molecule has 3 heteroatoms. The van der Waals surface area contributed by atoms with Crippen LogP contribution in [0, 0.1) is 0 Å². The van der Waals surface area contributed by atoms with E-state index in [0.717, 1.165) is 0 Å². The predicted octanol–water partition coefficient (Wildman–Crippen LogP) is 3.16. The normalized spacial score (nSPS) is 17.6. The van der Waals surface area contributed by atoms with Crippen LogP contribution >= 0.6 is 0 Å². The van der Waals surface area contributed by atoms with Crippen LogP contribution in [0.25, 0.3) is 0 Å². The van der Waals surface area contributed by atoms with Gasteiger partial charge in [-0.05, 0) is 69.5 Å². The van der Waals surface area contributed by atoms with Crippen LogP contribution in [0.3, 0.4) is 0 Å². The maximum Gasteiger partial charge on any atom is 0.110 e. The smallest absolute Gasteiger partial charge is 0.110 e. The lowest BCUT2D eigenvalue weighted by Crippen LogP contribution is -2.51. The van der Waals surface area contributed by atoms with Crippen LogP contribution in [0.1, 0.15) is 55.4 Å². The van der Waals surface area contributed by atoms with Crippen LogP contribution in [0.15, 0.2) is 0 Å². The molecular formula is C14H32N2O. The van der Waals surface area contributed by atoms with Crippen LogP contribution in [-0.4, -0.2) is 47.4 Å². The Morgan fingerprint density at radius 1 is 0.706 bits per heavy atom. The molecule has 0 heterocycles. The van der Waals surface area contributed by atoms with Gasteiger partial charge in [-0.1, -0.05) is 0 Å². The Morgan fingerprint density at radius 3 is 1.12 bits per heavy atom. The quantitative estimate of drug-likeness (QED) is 0.707. The lowest BCUT2D eigenvalue weighted by atomic mass is 10.1. The Hall–Kier alpha value is -0.120. The van der Waals surface area contributed by atoms with Crippen LogP contribution in [0.2, 0.25) is 0 Å². The summed E-state index contributed by atoms with van der Waals surface area (Å²) < 4.78 is 6.08. The number of rotatable bonds is 4. The largest absolute Gasteiger partial charge is 0.345 e. The Balaban J connectivity index is 4.45. The van der Waals surface area contributed by atoms with E-state index in [1.807, 2.05) is 0 Å². The van der Waals surface area contributed by atoms with E-state index < -0.39 is 0 Å². The highest BCUT2D eigenvalue weighted by molar-refractivity contribution is 4.77. The summed E-state index contributed by atoms with van der Waals surface area (Å²) in [5.41, 5.74) is 0.249. The van der Waals surface area contributed by atoms with Gasteiger partial charge in [0.1, 0.15) is 12.5 Å². The van der Waals surface area contributed by atoms with E-state index in [9.17, 15) is 0 Å². The standard InChI is InChI=1S/C14H32N2O/c1-11(15(9)13(3,4)5)17-12(2)16(10)14(6,7)8/h11-12H,1-10H3. The van der Waals surface area contributed by atoms with Crippen molar-refractivity contribution in [3.63, 3.8) is 0 Å². The molecule has 0 aliphatic heterocycles. The summed E-state index contributed by atoms with van der Waals surface area (Å²) in [6.45, 7) is 17.4. The number of nitrogens with zero attached hydrogens (tertiary/aromatic N) is 2. The summed E-state index contributed by atoms with van der Waals surface area (Å²) in [6.07, 6.45) is 0.213. The zero-order chi connectivity index (χ0) is 14.0. The number of ether oxygens (including phenoxy) is 1. The van der Waals surface area contributed by atoms with Crippen LogP contribution < -0.4 is 0 Å². The fraction of sp³-hybridized carbons (Fsp3) is 1.00. The van der Waals surface area contributed by atoms with Gasteiger partial charge in [-0.25, -0.2) is 0 Å². The van der Waals surface area contributed by atoms with E-state index in [-0.39, 0.29) is 23.5 Å². The minimum atomic E-state index is 0.106. The van der Waals surface area contributed by atoms with Gasteiger partial charge in [-0.2, -0.15) is 0 Å². The third-order valence-electron chi connectivity index (χ3n) is 3.60. The molecule has 0 aromatic carbocycles. The van der Waals surface area contributed by atoms with Crippen molar-refractivity contribution in [2.24, 2.45) is 0 Å². The minimum Gasteiger partial charge on any atom is -0.345 e. The molecule has 0 amide bonds. The Morgan fingerprint density at radius 2 is 0.941 bits per heavy atom. The highest BCUT2D eigenvalue weighted by atomic mass is 16.5. The fourth-order valence-electron chi connectivity index (χ4n) is 1.56. The molecule has 0 fully saturated rings. The first-order valence-corrected chi connectivity index (χ1v) is 6.48. The van der Waals surface area contributed by atoms with Gasteiger partial charge in [-0.3, -0.25) is 9.80 Å². The van der Waals surface area contributed by atoms with Crippen LogP contribution in [0.4, 0.5) is 0 Å². The van der Waals surface area contributed by atoms with Gasteiger partial charge in [0.15, 0.2) is 0 Å². The molecule has 2 unspecified atom stereocenters. The van der Waals surface area contributed by atoms with E-state index in [0.29, 0.717) is 0 Å². The molecule has 0 saturated heterocycles. The monoisotopic (exact) mass is 244 g/mol. The SMILES string of the molecule is CC(OC(C)N(C)C(C)(C)C)N(C)C(C)(C)C. The average Bonchev–Trinajstić information content (AvgIpc) is 2.12. The average molecular weight is 244 g/mol.